The van der Waals surface area contributed by atoms with Crippen molar-refractivity contribution in [1.29, 1.82) is 0 Å². The Balaban J connectivity index is 1.33. The lowest BCUT2D eigenvalue weighted by Crippen LogP contribution is -2.51. The van der Waals surface area contributed by atoms with E-state index in [0.29, 0.717) is 31.0 Å². The van der Waals surface area contributed by atoms with Gasteiger partial charge in [-0.15, -0.1) is 0 Å². The summed E-state index contributed by atoms with van der Waals surface area (Å²) in [6, 6.07) is 6.72. The maximum absolute atomic E-state index is 12.3. The molecule has 0 aliphatic carbocycles. The Morgan fingerprint density at radius 1 is 1.00 bits per heavy atom. The molecule has 2 heterocycles. The van der Waals surface area contributed by atoms with Crippen molar-refractivity contribution in [3.63, 3.8) is 0 Å². The van der Waals surface area contributed by atoms with Crippen molar-refractivity contribution in [3.8, 4) is 5.75 Å². The molecule has 2 aliphatic heterocycles. The smallest absolute Gasteiger partial charge is 0.338 e. The predicted octanol–water partition coefficient (Wildman–Crippen LogP) is 0.843. The molecule has 3 rings (SSSR count). The Morgan fingerprint density at radius 3 is 2.27 bits per heavy atom. The fraction of sp³-hybridized carbons (Fsp3) is 0.636. The Kier molecular flexibility index (Phi) is 8.48. The van der Waals surface area contributed by atoms with E-state index in [1.807, 2.05) is 4.90 Å². The van der Waals surface area contributed by atoms with Crippen LogP contribution in [0.4, 0.5) is 0 Å². The number of nitrogens with zero attached hydrogens (tertiary/aromatic N) is 3. The van der Waals surface area contributed by atoms with Crippen molar-refractivity contribution >= 4 is 11.9 Å². The van der Waals surface area contributed by atoms with Crippen LogP contribution in [0.5, 0.6) is 5.75 Å². The number of hydrogen-bond acceptors (Lipinski definition) is 7. The summed E-state index contributed by atoms with van der Waals surface area (Å²) in [6.45, 7) is 8.47. The van der Waals surface area contributed by atoms with Crippen LogP contribution >= 0.6 is 0 Å². The standard InChI is InChI=1S/C22H33N3O5/c1-2-29-22(28)18-5-7-20(8-6-18)30-17-19(26)15-23-11-13-24(14-12-23)16-21(27)25-9-3-4-10-25/h5-8,19,26H,2-4,9-17H2,1H3. The molecule has 166 valence electrons. The summed E-state index contributed by atoms with van der Waals surface area (Å²) in [5.41, 5.74) is 0.478. The highest BCUT2D eigenvalue weighted by Crippen LogP contribution is 2.14. The van der Waals surface area contributed by atoms with E-state index in [1.54, 1.807) is 31.2 Å². The minimum atomic E-state index is -0.604. The van der Waals surface area contributed by atoms with Gasteiger partial charge in [0.15, 0.2) is 0 Å². The van der Waals surface area contributed by atoms with Crippen LogP contribution in [0.3, 0.4) is 0 Å². The van der Waals surface area contributed by atoms with E-state index < -0.39 is 6.10 Å². The Morgan fingerprint density at radius 2 is 1.63 bits per heavy atom. The number of benzene rings is 1. The van der Waals surface area contributed by atoms with E-state index in [-0.39, 0.29) is 18.5 Å². The predicted molar refractivity (Wildman–Crippen MR) is 113 cm³/mol. The summed E-state index contributed by atoms with van der Waals surface area (Å²) in [7, 11) is 0. The molecule has 1 atom stereocenters. The van der Waals surface area contributed by atoms with Crippen molar-refractivity contribution in [1.82, 2.24) is 14.7 Å². The summed E-state index contributed by atoms with van der Waals surface area (Å²) < 4.78 is 10.6. The number of likely N-dealkylation sites (tertiary alicyclic amines) is 1. The van der Waals surface area contributed by atoms with Crippen LogP contribution < -0.4 is 4.74 Å². The van der Waals surface area contributed by atoms with E-state index in [9.17, 15) is 14.7 Å². The van der Waals surface area contributed by atoms with Crippen molar-refractivity contribution < 1.29 is 24.2 Å². The van der Waals surface area contributed by atoms with Crippen LogP contribution in [0.2, 0.25) is 0 Å². The van der Waals surface area contributed by atoms with Crippen molar-refractivity contribution in [3.05, 3.63) is 29.8 Å². The number of hydrogen-bond donors (Lipinski definition) is 1. The van der Waals surface area contributed by atoms with Gasteiger partial charge in [0.25, 0.3) is 0 Å². The third kappa shape index (κ3) is 6.68. The molecule has 2 aliphatic rings. The zero-order valence-electron chi connectivity index (χ0n) is 17.8. The number of amides is 1. The van der Waals surface area contributed by atoms with Gasteiger partial charge in [-0.05, 0) is 44.0 Å². The van der Waals surface area contributed by atoms with E-state index in [4.69, 9.17) is 9.47 Å². The molecule has 1 unspecified atom stereocenters. The van der Waals surface area contributed by atoms with Gasteiger partial charge in [0.1, 0.15) is 18.5 Å². The topological polar surface area (TPSA) is 82.5 Å². The second-order valence-corrected chi connectivity index (χ2v) is 7.87. The molecule has 0 saturated carbocycles. The lowest BCUT2D eigenvalue weighted by molar-refractivity contribution is -0.131. The summed E-state index contributed by atoms with van der Waals surface area (Å²) in [6.07, 6.45) is 1.64. The number of esters is 1. The first-order chi connectivity index (χ1) is 14.5. The van der Waals surface area contributed by atoms with Gasteiger partial charge >= 0.3 is 5.97 Å². The first-order valence-corrected chi connectivity index (χ1v) is 10.9. The molecule has 0 radical (unpaired) electrons. The third-order valence-electron chi connectivity index (χ3n) is 5.56. The minimum absolute atomic E-state index is 0.187. The average molecular weight is 420 g/mol. The number of ether oxygens (including phenoxy) is 2. The zero-order chi connectivity index (χ0) is 21.3. The molecule has 0 spiro atoms. The fourth-order valence-corrected chi connectivity index (χ4v) is 3.83. The first kappa shape index (κ1) is 22.5. The molecule has 2 saturated heterocycles. The highest BCUT2D eigenvalue weighted by atomic mass is 16.5. The third-order valence-corrected chi connectivity index (χ3v) is 5.56. The second kappa shape index (κ2) is 11.3. The van der Waals surface area contributed by atoms with E-state index >= 15 is 0 Å². The number of β-amino-alcohol motifs (C(OH)–C–C–N with tert-alkyl or cyclic N) is 1. The second-order valence-electron chi connectivity index (χ2n) is 7.87. The number of carbonyl (C=O) groups excluding carboxylic acids is 2. The van der Waals surface area contributed by atoms with Crippen LogP contribution in [0.25, 0.3) is 0 Å². The van der Waals surface area contributed by atoms with Crippen LogP contribution in [0, 0.1) is 0 Å². The fourth-order valence-electron chi connectivity index (χ4n) is 3.83. The molecule has 1 amide bonds. The summed E-state index contributed by atoms with van der Waals surface area (Å²) in [5.74, 6) is 0.487. The summed E-state index contributed by atoms with van der Waals surface area (Å²) in [5, 5.41) is 10.3. The molecule has 8 heteroatoms. The largest absolute Gasteiger partial charge is 0.491 e. The molecule has 30 heavy (non-hydrogen) atoms. The van der Waals surface area contributed by atoms with E-state index in [1.165, 1.54) is 0 Å². The molecule has 0 aromatic heterocycles. The van der Waals surface area contributed by atoms with Crippen LogP contribution in [0.1, 0.15) is 30.1 Å². The molecule has 2 fully saturated rings. The normalized spacial score (nSPS) is 18.9. The van der Waals surface area contributed by atoms with Gasteiger partial charge in [-0.1, -0.05) is 0 Å². The van der Waals surface area contributed by atoms with Crippen LogP contribution in [-0.2, 0) is 9.53 Å². The van der Waals surface area contributed by atoms with E-state index in [2.05, 4.69) is 9.80 Å². The van der Waals surface area contributed by atoms with Crippen molar-refractivity contribution in [2.24, 2.45) is 0 Å². The van der Waals surface area contributed by atoms with Gasteiger partial charge in [-0.3, -0.25) is 14.6 Å². The van der Waals surface area contributed by atoms with Gasteiger partial charge in [-0.2, -0.15) is 0 Å². The quantitative estimate of drug-likeness (QED) is 0.594. The van der Waals surface area contributed by atoms with Gasteiger partial charge in [0, 0.05) is 45.8 Å². The van der Waals surface area contributed by atoms with E-state index in [0.717, 1.165) is 52.1 Å². The number of carbonyl (C=O) groups is 2. The monoisotopic (exact) mass is 419 g/mol. The number of piperazine rings is 1. The molecular formula is C22H33N3O5. The number of aliphatic hydroxyl groups excluding tert-OH is 1. The Labute approximate surface area is 178 Å². The first-order valence-electron chi connectivity index (χ1n) is 10.9. The van der Waals surface area contributed by atoms with Gasteiger partial charge in [0.05, 0.1) is 18.7 Å². The maximum atomic E-state index is 12.3. The summed E-state index contributed by atoms with van der Waals surface area (Å²) >= 11 is 0. The van der Waals surface area contributed by atoms with Crippen molar-refractivity contribution in [2.45, 2.75) is 25.9 Å². The molecular weight excluding hydrogens is 386 g/mol. The molecule has 8 nitrogen and oxygen atoms in total. The molecule has 0 bridgehead atoms. The van der Waals surface area contributed by atoms with Crippen LogP contribution in [0.15, 0.2) is 24.3 Å². The van der Waals surface area contributed by atoms with Gasteiger partial charge in [0.2, 0.25) is 5.91 Å². The lowest BCUT2D eigenvalue weighted by Gasteiger charge is -2.35. The lowest BCUT2D eigenvalue weighted by atomic mass is 10.2. The highest BCUT2D eigenvalue weighted by molar-refractivity contribution is 5.89. The van der Waals surface area contributed by atoms with Gasteiger partial charge < -0.3 is 19.5 Å². The van der Waals surface area contributed by atoms with Crippen LogP contribution in [-0.4, -0.2) is 103 Å². The maximum Gasteiger partial charge on any atom is 0.338 e. The van der Waals surface area contributed by atoms with Crippen molar-refractivity contribution in [2.75, 3.05) is 65.6 Å². The summed E-state index contributed by atoms with van der Waals surface area (Å²) in [4.78, 5) is 30.3. The van der Waals surface area contributed by atoms with Gasteiger partial charge in [-0.25, -0.2) is 4.79 Å². The zero-order valence-corrected chi connectivity index (χ0v) is 17.8. The number of aliphatic hydroxyl groups is 1. The Bertz CT molecular complexity index is 683. The minimum Gasteiger partial charge on any atom is -0.491 e. The number of rotatable bonds is 9. The average Bonchev–Trinajstić information content (AvgIpc) is 3.29. The molecule has 1 aromatic carbocycles. The highest BCUT2D eigenvalue weighted by Gasteiger charge is 2.24. The molecule has 1 aromatic rings. The molecule has 1 N–H and O–H groups in total. The Hall–Kier alpha value is -2.16. The SMILES string of the molecule is CCOC(=O)c1ccc(OCC(O)CN2CCN(CC(=O)N3CCCC3)CC2)cc1.